The van der Waals surface area contributed by atoms with E-state index in [2.05, 4.69) is 9.82 Å². The molecule has 0 saturated heterocycles. The maximum atomic E-state index is 12.9. The second-order valence-electron chi connectivity index (χ2n) is 5.51. The Morgan fingerprint density at radius 1 is 0.923 bits per heavy atom. The van der Waals surface area contributed by atoms with Gasteiger partial charge in [0.15, 0.2) is 0 Å². The van der Waals surface area contributed by atoms with Gasteiger partial charge in [-0.05, 0) is 42.9 Å². The van der Waals surface area contributed by atoms with Gasteiger partial charge in [0, 0.05) is 12.4 Å². The Hall–Kier alpha value is -2.49. The minimum atomic E-state index is -3.98. The summed E-state index contributed by atoms with van der Waals surface area (Å²) in [5.41, 5.74) is 0.879. The highest BCUT2D eigenvalue weighted by Crippen LogP contribution is 2.27. The van der Waals surface area contributed by atoms with Crippen molar-refractivity contribution in [2.75, 3.05) is 7.05 Å². The number of nitrogens with zero attached hydrogens (tertiary/aromatic N) is 2. The van der Waals surface area contributed by atoms with E-state index in [9.17, 15) is 16.8 Å². The normalized spacial score (nSPS) is 12.2. The monoisotopic (exact) mass is 391 g/mol. The second-order valence-corrected chi connectivity index (χ2v) is 9.28. The number of sulfone groups is 1. The number of aromatic nitrogens is 2. The van der Waals surface area contributed by atoms with Gasteiger partial charge in [0.2, 0.25) is 19.9 Å². The first-order valence-corrected chi connectivity index (χ1v) is 10.7. The zero-order valence-corrected chi connectivity index (χ0v) is 15.5. The fourth-order valence-corrected chi connectivity index (χ4v) is 5.29. The summed E-state index contributed by atoms with van der Waals surface area (Å²) in [6, 6.07) is 13.6. The Bertz CT molecular complexity index is 1110. The number of hydrogen-bond donors (Lipinski definition) is 1. The molecule has 9 heteroatoms. The molecule has 0 atom stereocenters. The van der Waals surface area contributed by atoms with Crippen LogP contribution in [0.3, 0.4) is 0 Å². The first kappa shape index (κ1) is 18.3. The molecule has 0 amide bonds. The lowest BCUT2D eigenvalue weighted by Gasteiger charge is -2.11. The Balaban J connectivity index is 1.99. The summed E-state index contributed by atoms with van der Waals surface area (Å²) in [4.78, 5) is -0.502. The van der Waals surface area contributed by atoms with Gasteiger partial charge in [-0.1, -0.05) is 24.3 Å². The zero-order valence-electron chi connectivity index (χ0n) is 13.9. The second kappa shape index (κ2) is 7.02. The largest absolute Gasteiger partial charge is 0.268 e. The number of hydrogen-bond acceptors (Lipinski definition) is 5. The molecule has 0 aliphatic heterocycles. The summed E-state index contributed by atoms with van der Waals surface area (Å²) in [5, 5.41) is 4.10. The molecule has 1 N–H and O–H groups in total. The first-order valence-electron chi connectivity index (χ1n) is 7.68. The van der Waals surface area contributed by atoms with Crippen LogP contribution >= 0.6 is 0 Å². The molecule has 136 valence electrons. The first-order chi connectivity index (χ1) is 12.3. The number of sulfonamides is 1. The molecule has 1 aromatic heterocycles. The number of benzene rings is 2. The lowest BCUT2D eigenvalue weighted by atomic mass is 10.2. The van der Waals surface area contributed by atoms with Gasteiger partial charge >= 0.3 is 0 Å². The van der Waals surface area contributed by atoms with E-state index in [0.29, 0.717) is 6.54 Å². The Kier molecular flexibility index (Phi) is 4.94. The Labute approximate surface area is 152 Å². The fraction of sp³-hybridized carbons (Fsp3) is 0.118. The molecule has 1 heterocycles. The summed E-state index contributed by atoms with van der Waals surface area (Å²) in [6.07, 6.45) is 3.47. The van der Waals surface area contributed by atoms with Crippen molar-refractivity contribution in [2.24, 2.45) is 0 Å². The molecule has 0 aliphatic carbocycles. The van der Waals surface area contributed by atoms with Gasteiger partial charge in [0.05, 0.1) is 16.3 Å². The van der Waals surface area contributed by atoms with E-state index in [0.717, 1.165) is 5.56 Å². The average Bonchev–Trinajstić information content (AvgIpc) is 3.15. The van der Waals surface area contributed by atoms with E-state index < -0.39 is 19.9 Å². The lowest BCUT2D eigenvalue weighted by Crippen LogP contribution is -2.21. The van der Waals surface area contributed by atoms with Crippen LogP contribution in [-0.2, 0) is 26.4 Å². The molecule has 0 aliphatic rings. The van der Waals surface area contributed by atoms with Crippen molar-refractivity contribution in [3.8, 4) is 0 Å². The third-order valence-electron chi connectivity index (χ3n) is 3.83. The molecule has 2 aromatic carbocycles. The SMILES string of the molecule is CNS(=O)(=O)c1ccccc1S(=O)(=O)c1ccc(Cn2cccn2)cc1. The topological polar surface area (TPSA) is 98.1 Å². The molecule has 3 aromatic rings. The maximum Gasteiger partial charge on any atom is 0.241 e. The van der Waals surface area contributed by atoms with Crippen molar-refractivity contribution in [3.05, 3.63) is 72.6 Å². The highest BCUT2D eigenvalue weighted by atomic mass is 32.2. The van der Waals surface area contributed by atoms with Gasteiger partial charge in [-0.25, -0.2) is 21.6 Å². The average molecular weight is 391 g/mol. The Morgan fingerprint density at radius 2 is 1.58 bits per heavy atom. The van der Waals surface area contributed by atoms with Gasteiger partial charge in [-0.2, -0.15) is 5.10 Å². The molecule has 0 bridgehead atoms. The van der Waals surface area contributed by atoms with Crippen LogP contribution in [-0.4, -0.2) is 33.7 Å². The molecule has 26 heavy (non-hydrogen) atoms. The van der Waals surface area contributed by atoms with Crippen molar-refractivity contribution >= 4 is 19.9 Å². The summed E-state index contributed by atoms with van der Waals surface area (Å²) < 4.78 is 54.0. The molecule has 0 fully saturated rings. The highest BCUT2D eigenvalue weighted by molar-refractivity contribution is 7.93. The summed E-state index contributed by atoms with van der Waals surface area (Å²) in [6.45, 7) is 0.512. The van der Waals surface area contributed by atoms with Crippen LogP contribution in [0.15, 0.2) is 81.7 Å². The maximum absolute atomic E-state index is 12.9. The van der Waals surface area contributed by atoms with Gasteiger partial charge < -0.3 is 0 Å². The van der Waals surface area contributed by atoms with E-state index in [-0.39, 0.29) is 14.7 Å². The minimum Gasteiger partial charge on any atom is -0.268 e. The van der Waals surface area contributed by atoms with Crippen LogP contribution in [0.1, 0.15) is 5.56 Å². The van der Waals surface area contributed by atoms with Crippen molar-refractivity contribution in [2.45, 2.75) is 21.2 Å². The zero-order chi connectivity index (χ0) is 18.8. The highest BCUT2D eigenvalue weighted by Gasteiger charge is 2.26. The van der Waals surface area contributed by atoms with Gasteiger partial charge in [0.1, 0.15) is 4.90 Å². The molecule has 0 unspecified atom stereocenters. The summed E-state index contributed by atoms with van der Waals surface area (Å²) in [5.74, 6) is 0. The van der Waals surface area contributed by atoms with Crippen LogP contribution in [0.25, 0.3) is 0 Å². The quantitative estimate of drug-likeness (QED) is 0.689. The molecule has 3 rings (SSSR count). The van der Waals surface area contributed by atoms with E-state index in [1.165, 1.54) is 43.4 Å². The van der Waals surface area contributed by atoms with Gasteiger partial charge in [-0.15, -0.1) is 0 Å². The van der Waals surface area contributed by atoms with Crippen molar-refractivity contribution in [3.63, 3.8) is 0 Å². The van der Waals surface area contributed by atoms with Crippen LogP contribution < -0.4 is 4.72 Å². The predicted molar refractivity (Wildman–Crippen MR) is 95.9 cm³/mol. The molecule has 0 spiro atoms. The molecular formula is C17H17N3O4S2. The van der Waals surface area contributed by atoms with E-state index >= 15 is 0 Å². The van der Waals surface area contributed by atoms with Crippen molar-refractivity contribution in [1.29, 1.82) is 0 Å². The number of nitrogens with one attached hydrogen (secondary N) is 1. The lowest BCUT2D eigenvalue weighted by molar-refractivity contribution is 0.578. The molecule has 0 saturated carbocycles. The Morgan fingerprint density at radius 3 is 2.15 bits per heavy atom. The van der Waals surface area contributed by atoms with Crippen LogP contribution in [0, 0.1) is 0 Å². The number of rotatable bonds is 6. The van der Waals surface area contributed by atoms with Crippen LogP contribution in [0.2, 0.25) is 0 Å². The van der Waals surface area contributed by atoms with Gasteiger partial charge in [-0.3, -0.25) is 4.68 Å². The third kappa shape index (κ3) is 3.55. The van der Waals surface area contributed by atoms with E-state index in [1.54, 1.807) is 29.1 Å². The smallest absolute Gasteiger partial charge is 0.241 e. The van der Waals surface area contributed by atoms with Crippen molar-refractivity contribution in [1.82, 2.24) is 14.5 Å². The van der Waals surface area contributed by atoms with Gasteiger partial charge in [0.25, 0.3) is 0 Å². The summed E-state index contributed by atoms with van der Waals surface area (Å²) in [7, 11) is -6.65. The molecular weight excluding hydrogens is 374 g/mol. The van der Waals surface area contributed by atoms with Crippen LogP contribution in [0.5, 0.6) is 0 Å². The van der Waals surface area contributed by atoms with E-state index in [4.69, 9.17) is 0 Å². The predicted octanol–water partition coefficient (Wildman–Crippen LogP) is 1.67. The van der Waals surface area contributed by atoms with Crippen LogP contribution in [0.4, 0.5) is 0 Å². The minimum absolute atomic E-state index is 0.0282. The standard InChI is InChI=1S/C17H17N3O4S2/c1-18-26(23,24)17-6-3-2-5-16(17)25(21,22)15-9-7-14(8-10-15)13-20-12-4-11-19-20/h2-12,18H,13H2,1H3. The molecule has 0 radical (unpaired) electrons. The summed E-state index contributed by atoms with van der Waals surface area (Å²) >= 11 is 0. The fourth-order valence-electron chi connectivity index (χ4n) is 2.49. The van der Waals surface area contributed by atoms with E-state index in [1.807, 2.05) is 6.20 Å². The third-order valence-corrected chi connectivity index (χ3v) is 7.26. The molecule has 7 nitrogen and oxygen atoms in total. The van der Waals surface area contributed by atoms with Crippen molar-refractivity contribution < 1.29 is 16.8 Å².